The van der Waals surface area contributed by atoms with Gasteiger partial charge in [-0.25, -0.2) is 8.42 Å². The van der Waals surface area contributed by atoms with E-state index in [-0.39, 0.29) is 34.6 Å². The van der Waals surface area contributed by atoms with Crippen molar-refractivity contribution < 1.29 is 18.0 Å². The van der Waals surface area contributed by atoms with E-state index in [4.69, 9.17) is 0 Å². The third-order valence-electron chi connectivity index (χ3n) is 4.34. The van der Waals surface area contributed by atoms with Crippen molar-refractivity contribution in [3.63, 3.8) is 0 Å². The highest BCUT2D eigenvalue weighted by Crippen LogP contribution is 2.35. The molecule has 2 aliphatic heterocycles. The fraction of sp³-hybridized carbons (Fsp3) is 0.471. The highest BCUT2D eigenvalue weighted by atomic mass is 32.2. The molecule has 27 heavy (non-hydrogen) atoms. The molecule has 1 aromatic rings. The highest BCUT2D eigenvalue weighted by molar-refractivity contribution is 8.15. The van der Waals surface area contributed by atoms with Crippen LogP contribution in [0.25, 0.3) is 0 Å². The van der Waals surface area contributed by atoms with Crippen LogP contribution in [0.4, 0.5) is 5.69 Å². The number of thioether (sulfide) groups is 1. The average molecular weight is 411 g/mol. The number of fused-ring (bicyclic) bond motifs is 1. The van der Waals surface area contributed by atoms with Gasteiger partial charge in [0.2, 0.25) is 5.91 Å². The first-order chi connectivity index (χ1) is 12.7. The molecule has 2 heterocycles. The second-order valence-electron chi connectivity index (χ2n) is 6.63. The lowest BCUT2D eigenvalue weighted by Crippen LogP contribution is -2.33. The molecular weight excluding hydrogens is 388 g/mol. The summed E-state index contributed by atoms with van der Waals surface area (Å²) in [6.07, 6.45) is 0. The van der Waals surface area contributed by atoms with Gasteiger partial charge in [0.15, 0.2) is 15.0 Å². The predicted octanol–water partition coefficient (Wildman–Crippen LogP) is 0.541. The van der Waals surface area contributed by atoms with E-state index in [1.165, 1.54) is 18.7 Å². The van der Waals surface area contributed by atoms with Crippen LogP contribution in [0, 0.1) is 6.92 Å². The van der Waals surface area contributed by atoms with E-state index in [0.29, 0.717) is 23.8 Å². The first-order valence-corrected chi connectivity index (χ1v) is 11.3. The molecule has 146 valence electrons. The summed E-state index contributed by atoms with van der Waals surface area (Å²) < 4.78 is 23.3. The Balaban J connectivity index is 1.62. The molecule has 2 unspecified atom stereocenters. The fourth-order valence-electron chi connectivity index (χ4n) is 2.95. The van der Waals surface area contributed by atoms with Crippen molar-refractivity contribution in [3.05, 3.63) is 29.3 Å². The summed E-state index contributed by atoms with van der Waals surface area (Å²) in [4.78, 5) is 27.6. The van der Waals surface area contributed by atoms with Crippen LogP contribution in [0.3, 0.4) is 0 Å². The van der Waals surface area contributed by atoms with Crippen molar-refractivity contribution in [2.75, 3.05) is 29.9 Å². The second kappa shape index (κ2) is 7.89. The van der Waals surface area contributed by atoms with Crippen LogP contribution >= 0.6 is 11.8 Å². The molecule has 2 aliphatic rings. The number of nitrogens with one attached hydrogen (secondary N) is 3. The molecule has 8 nitrogen and oxygen atoms in total. The molecule has 0 spiro atoms. The van der Waals surface area contributed by atoms with E-state index in [2.05, 4.69) is 20.9 Å². The third kappa shape index (κ3) is 5.01. The Bertz CT molecular complexity index is 898. The maximum Gasteiger partial charge on any atom is 0.251 e. The predicted molar refractivity (Wildman–Crippen MR) is 107 cm³/mol. The van der Waals surface area contributed by atoms with Crippen molar-refractivity contribution in [2.45, 2.75) is 25.1 Å². The number of carbonyl (C=O) groups is 2. The van der Waals surface area contributed by atoms with Gasteiger partial charge in [0.05, 0.1) is 17.5 Å². The minimum Gasteiger partial charge on any atom is -0.355 e. The third-order valence-corrected chi connectivity index (χ3v) is 7.49. The highest BCUT2D eigenvalue weighted by Gasteiger charge is 2.42. The van der Waals surface area contributed by atoms with Crippen LogP contribution in [-0.2, 0) is 14.6 Å². The summed E-state index contributed by atoms with van der Waals surface area (Å²) in [6.45, 7) is 4.06. The molecule has 0 aromatic heterocycles. The number of carbonyl (C=O) groups excluding carboxylic acids is 2. The zero-order chi connectivity index (χ0) is 19.6. The standard InChI is InChI=1S/C17H22N4O4S2/c1-10-3-4-12(16(23)19-6-5-18-11(2)22)7-13(10)20-17-21-14-8-27(24,25)9-15(14)26-17/h3-4,7,14-15H,5-6,8-9H2,1-2H3,(H,18,22)(H,19,23)(H,20,21). The van der Waals surface area contributed by atoms with Crippen molar-refractivity contribution in [1.29, 1.82) is 0 Å². The van der Waals surface area contributed by atoms with Gasteiger partial charge in [-0.05, 0) is 24.6 Å². The first-order valence-electron chi connectivity index (χ1n) is 8.59. The van der Waals surface area contributed by atoms with Gasteiger partial charge in [0.1, 0.15) is 0 Å². The number of hydrogen-bond donors (Lipinski definition) is 3. The summed E-state index contributed by atoms with van der Waals surface area (Å²) in [5.41, 5.74) is 2.22. The number of aryl methyl sites for hydroxylation is 1. The Morgan fingerprint density at radius 1 is 1.22 bits per heavy atom. The van der Waals surface area contributed by atoms with Gasteiger partial charge in [-0.15, -0.1) is 0 Å². The molecule has 3 rings (SSSR count). The molecule has 2 amide bonds. The number of aliphatic imine (C=N–C) groups is 1. The van der Waals surface area contributed by atoms with Crippen LogP contribution in [0.1, 0.15) is 22.8 Å². The van der Waals surface area contributed by atoms with E-state index in [1.54, 1.807) is 12.1 Å². The SMILES string of the molecule is CC(=O)NCCNC(=O)c1ccc(C)c(NC2=NC3CS(=O)(=O)CC3S2)c1. The zero-order valence-electron chi connectivity index (χ0n) is 15.1. The number of hydrogen-bond acceptors (Lipinski definition) is 7. The molecule has 0 bridgehead atoms. The van der Waals surface area contributed by atoms with Crippen LogP contribution in [0.5, 0.6) is 0 Å². The Morgan fingerprint density at radius 2 is 1.96 bits per heavy atom. The number of amidine groups is 1. The molecule has 1 saturated heterocycles. The lowest BCUT2D eigenvalue weighted by atomic mass is 10.1. The van der Waals surface area contributed by atoms with E-state index < -0.39 is 9.84 Å². The largest absolute Gasteiger partial charge is 0.355 e. The Kier molecular flexibility index (Phi) is 5.75. The fourth-order valence-corrected chi connectivity index (χ4v) is 6.61. The quantitative estimate of drug-likeness (QED) is 0.610. The Morgan fingerprint density at radius 3 is 2.67 bits per heavy atom. The topological polar surface area (TPSA) is 117 Å². The maximum absolute atomic E-state index is 12.3. The summed E-state index contributed by atoms with van der Waals surface area (Å²) in [5, 5.41) is 9.25. The smallest absolute Gasteiger partial charge is 0.251 e. The Hall–Kier alpha value is -2.07. The lowest BCUT2D eigenvalue weighted by molar-refractivity contribution is -0.118. The van der Waals surface area contributed by atoms with Gasteiger partial charge < -0.3 is 16.0 Å². The van der Waals surface area contributed by atoms with Crippen molar-refractivity contribution in [3.8, 4) is 0 Å². The molecule has 2 atom stereocenters. The molecule has 1 fully saturated rings. The number of amides is 2. The van der Waals surface area contributed by atoms with Crippen molar-refractivity contribution >= 4 is 44.3 Å². The number of rotatable bonds is 5. The molecule has 0 radical (unpaired) electrons. The number of nitrogens with zero attached hydrogens (tertiary/aromatic N) is 1. The van der Waals surface area contributed by atoms with E-state index in [1.807, 2.05) is 13.0 Å². The van der Waals surface area contributed by atoms with Gasteiger partial charge in [-0.3, -0.25) is 14.6 Å². The van der Waals surface area contributed by atoms with Crippen LogP contribution < -0.4 is 16.0 Å². The average Bonchev–Trinajstić information content (AvgIpc) is 3.05. The monoisotopic (exact) mass is 410 g/mol. The van der Waals surface area contributed by atoms with E-state index in [0.717, 1.165) is 11.3 Å². The van der Waals surface area contributed by atoms with Gasteiger partial charge in [0.25, 0.3) is 5.91 Å². The maximum atomic E-state index is 12.3. The molecule has 1 aromatic carbocycles. The molecule has 0 aliphatic carbocycles. The van der Waals surface area contributed by atoms with Crippen LogP contribution in [0.15, 0.2) is 23.2 Å². The molecular formula is C17H22N4O4S2. The van der Waals surface area contributed by atoms with Crippen LogP contribution in [-0.4, -0.2) is 61.3 Å². The normalized spacial score (nSPS) is 22.7. The Labute approximate surface area is 162 Å². The summed E-state index contributed by atoms with van der Waals surface area (Å²) in [5.74, 6) is -0.107. The van der Waals surface area contributed by atoms with Crippen molar-refractivity contribution in [1.82, 2.24) is 10.6 Å². The van der Waals surface area contributed by atoms with Crippen molar-refractivity contribution in [2.24, 2.45) is 4.99 Å². The van der Waals surface area contributed by atoms with Crippen LogP contribution in [0.2, 0.25) is 0 Å². The molecule has 3 N–H and O–H groups in total. The van der Waals surface area contributed by atoms with E-state index in [9.17, 15) is 18.0 Å². The lowest BCUT2D eigenvalue weighted by Gasteiger charge is -2.12. The molecule has 10 heteroatoms. The summed E-state index contributed by atoms with van der Waals surface area (Å²) >= 11 is 1.44. The molecule has 0 saturated carbocycles. The van der Waals surface area contributed by atoms with Gasteiger partial charge in [0, 0.05) is 36.5 Å². The zero-order valence-corrected chi connectivity index (χ0v) is 16.7. The van der Waals surface area contributed by atoms with E-state index >= 15 is 0 Å². The van der Waals surface area contributed by atoms with Gasteiger partial charge in [-0.2, -0.15) is 0 Å². The number of sulfone groups is 1. The minimum atomic E-state index is -2.98. The number of benzene rings is 1. The van der Waals surface area contributed by atoms with Gasteiger partial charge in [-0.1, -0.05) is 17.8 Å². The minimum absolute atomic E-state index is 0.0296. The first kappa shape index (κ1) is 19.7. The van der Waals surface area contributed by atoms with Gasteiger partial charge >= 0.3 is 0 Å². The summed E-state index contributed by atoms with van der Waals surface area (Å²) in [6, 6.07) is 5.13. The summed E-state index contributed by atoms with van der Waals surface area (Å²) in [7, 11) is -2.98. The second-order valence-corrected chi connectivity index (χ2v) is 10.0. The number of anilines is 1.